The lowest BCUT2D eigenvalue weighted by Crippen LogP contribution is -2.38. The summed E-state index contributed by atoms with van der Waals surface area (Å²) in [6.07, 6.45) is 1.63. The number of rotatable bonds is 5. The average Bonchev–Trinajstić information content (AvgIpc) is 2.45. The van der Waals surface area contributed by atoms with Crippen molar-refractivity contribution in [2.45, 2.75) is 38.8 Å². The minimum Gasteiger partial charge on any atom is -0.381 e. The highest BCUT2D eigenvalue weighted by Gasteiger charge is 2.37. The van der Waals surface area contributed by atoms with Crippen LogP contribution in [0, 0.1) is 6.92 Å². The minimum absolute atomic E-state index is 0.384. The molecule has 1 aromatic rings. The highest BCUT2D eigenvalue weighted by molar-refractivity contribution is 5.15. The van der Waals surface area contributed by atoms with Crippen LogP contribution in [-0.2, 0) is 21.6 Å². The molecule has 0 atom stereocenters. The number of hydrogen-bond donors (Lipinski definition) is 1. The molecule has 0 bridgehead atoms. The predicted molar refractivity (Wildman–Crippen MR) is 72.9 cm³/mol. The van der Waals surface area contributed by atoms with Crippen LogP contribution in [0.25, 0.3) is 0 Å². The lowest BCUT2D eigenvalue weighted by molar-refractivity contribution is -0.100. The van der Waals surface area contributed by atoms with Gasteiger partial charge in [0.15, 0.2) is 5.82 Å². The summed E-state index contributed by atoms with van der Waals surface area (Å²) in [5.74, 6) is 0.797. The van der Waals surface area contributed by atoms with E-state index in [0.29, 0.717) is 13.2 Å². The smallest absolute Gasteiger partial charge is 0.160 e. The topological polar surface area (TPSA) is 56.3 Å². The maximum Gasteiger partial charge on any atom is 0.160 e. The molecule has 1 N–H and O–H groups in total. The lowest BCUT2D eigenvalue weighted by atomic mass is 9.93. The zero-order valence-corrected chi connectivity index (χ0v) is 12.0. The van der Waals surface area contributed by atoms with Gasteiger partial charge in [-0.2, -0.15) is 0 Å². The van der Waals surface area contributed by atoms with Gasteiger partial charge in [0, 0.05) is 45.4 Å². The maximum absolute atomic E-state index is 5.75. The number of methoxy groups -OCH3 is 1. The molecule has 1 fully saturated rings. The van der Waals surface area contributed by atoms with Crippen molar-refractivity contribution in [2.75, 3.05) is 26.9 Å². The third-order valence-corrected chi connectivity index (χ3v) is 3.56. The van der Waals surface area contributed by atoms with Crippen molar-refractivity contribution in [1.29, 1.82) is 0 Å². The van der Waals surface area contributed by atoms with Gasteiger partial charge < -0.3 is 14.8 Å². The Morgan fingerprint density at radius 3 is 2.74 bits per heavy atom. The summed E-state index contributed by atoms with van der Waals surface area (Å²) >= 11 is 0. The zero-order chi connectivity index (χ0) is 13.7. The zero-order valence-electron chi connectivity index (χ0n) is 12.0. The van der Waals surface area contributed by atoms with Gasteiger partial charge in [-0.05, 0) is 19.5 Å². The van der Waals surface area contributed by atoms with E-state index in [9.17, 15) is 0 Å². The predicted octanol–water partition coefficient (Wildman–Crippen LogP) is 1.55. The molecule has 19 heavy (non-hydrogen) atoms. The van der Waals surface area contributed by atoms with E-state index in [1.165, 1.54) is 0 Å². The summed E-state index contributed by atoms with van der Waals surface area (Å²) in [5.41, 5.74) is 1.62. The van der Waals surface area contributed by atoms with E-state index in [1.54, 1.807) is 7.11 Å². The van der Waals surface area contributed by atoms with Gasteiger partial charge in [0.2, 0.25) is 0 Å². The normalized spacial score (nSPS) is 18.5. The summed E-state index contributed by atoms with van der Waals surface area (Å²) < 4.78 is 11.2. The van der Waals surface area contributed by atoms with Crippen LogP contribution in [0.1, 0.15) is 37.0 Å². The van der Waals surface area contributed by atoms with Crippen LogP contribution in [0.15, 0.2) is 6.07 Å². The minimum atomic E-state index is -0.384. The third-order valence-electron chi connectivity index (χ3n) is 3.56. The molecule has 0 saturated carbocycles. The van der Waals surface area contributed by atoms with Crippen molar-refractivity contribution in [3.8, 4) is 0 Å². The summed E-state index contributed by atoms with van der Waals surface area (Å²) in [6.45, 7) is 7.19. The van der Waals surface area contributed by atoms with Crippen LogP contribution in [0.5, 0.6) is 0 Å². The Bertz CT molecular complexity index is 417. The molecule has 0 amide bonds. The Hall–Kier alpha value is -1.04. The fraction of sp³-hybridized carbons (Fsp3) is 0.714. The van der Waals surface area contributed by atoms with E-state index >= 15 is 0 Å². The second-order valence-corrected chi connectivity index (χ2v) is 4.92. The van der Waals surface area contributed by atoms with E-state index in [2.05, 4.69) is 22.2 Å². The quantitative estimate of drug-likeness (QED) is 0.875. The Labute approximate surface area is 114 Å². The van der Waals surface area contributed by atoms with Crippen molar-refractivity contribution in [3.05, 3.63) is 23.3 Å². The highest BCUT2D eigenvalue weighted by Crippen LogP contribution is 2.33. The second kappa shape index (κ2) is 6.41. The molecule has 0 spiro atoms. The Balaban J connectivity index is 2.28. The van der Waals surface area contributed by atoms with Gasteiger partial charge in [-0.25, -0.2) is 9.97 Å². The third kappa shape index (κ3) is 3.29. The summed E-state index contributed by atoms with van der Waals surface area (Å²) in [7, 11) is 1.74. The fourth-order valence-corrected chi connectivity index (χ4v) is 2.40. The van der Waals surface area contributed by atoms with Gasteiger partial charge in [-0.3, -0.25) is 0 Å². The molecule has 2 heterocycles. The average molecular weight is 265 g/mol. The molecular formula is C14H23N3O2. The monoisotopic (exact) mass is 265 g/mol. The first-order valence-electron chi connectivity index (χ1n) is 6.89. The molecule has 5 nitrogen and oxygen atoms in total. The van der Waals surface area contributed by atoms with Crippen LogP contribution < -0.4 is 5.32 Å². The largest absolute Gasteiger partial charge is 0.381 e. The van der Waals surface area contributed by atoms with Crippen molar-refractivity contribution in [3.63, 3.8) is 0 Å². The van der Waals surface area contributed by atoms with E-state index in [0.717, 1.165) is 43.1 Å². The van der Waals surface area contributed by atoms with Crippen LogP contribution in [0.2, 0.25) is 0 Å². The molecule has 2 rings (SSSR count). The fourth-order valence-electron chi connectivity index (χ4n) is 2.40. The van der Waals surface area contributed by atoms with E-state index in [1.807, 2.05) is 13.0 Å². The van der Waals surface area contributed by atoms with Crippen molar-refractivity contribution >= 4 is 0 Å². The van der Waals surface area contributed by atoms with E-state index < -0.39 is 0 Å². The number of aryl methyl sites for hydroxylation is 1. The summed E-state index contributed by atoms with van der Waals surface area (Å²) in [5, 5.41) is 3.30. The van der Waals surface area contributed by atoms with Gasteiger partial charge >= 0.3 is 0 Å². The molecule has 106 valence electrons. The van der Waals surface area contributed by atoms with Crippen LogP contribution in [0.4, 0.5) is 0 Å². The van der Waals surface area contributed by atoms with E-state index in [4.69, 9.17) is 9.47 Å². The molecule has 0 radical (unpaired) electrons. The van der Waals surface area contributed by atoms with Crippen molar-refractivity contribution in [1.82, 2.24) is 15.3 Å². The van der Waals surface area contributed by atoms with Gasteiger partial charge in [-0.1, -0.05) is 6.92 Å². The Kier molecular flexibility index (Phi) is 4.85. The highest BCUT2D eigenvalue weighted by atomic mass is 16.5. The summed E-state index contributed by atoms with van der Waals surface area (Å²) in [4.78, 5) is 9.27. The van der Waals surface area contributed by atoms with Gasteiger partial charge in [0.05, 0.1) is 5.69 Å². The Morgan fingerprint density at radius 2 is 2.11 bits per heavy atom. The molecular weight excluding hydrogens is 242 g/mol. The van der Waals surface area contributed by atoms with Crippen molar-refractivity contribution in [2.24, 2.45) is 0 Å². The number of ether oxygens (including phenoxy) is 2. The molecule has 1 aliphatic rings. The van der Waals surface area contributed by atoms with Crippen LogP contribution in [0.3, 0.4) is 0 Å². The number of aromatic nitrogens is 2. The molecule has 0 unspecified atom stereocenters. The maximum atomic E-state index is 5.75. The first-order valence-corrected chi connectivity index (χ1v) is 6.89. The molecule has 0 aromatic carbocycles. The first kappa shape index (κ1) is 14.4. The lowest BCUT2D eigenvalue weighted by Gasteiger charge is -2.34. The van der Waals surface area contributed by atoms with Crippen LogP contribution >= 0.6 is 0 Å². The second-order valence-electron chi connectivity index (χ2n) is 4.92. The molecule has 1 aromatic heterocycles. The molecule has 1 aliphatic heterocycles. The van der Waals surface area contributed by atoms with E-state index in [-0.39, 0.29) is 5.60 Å². The summed E-state index contributed by atoms with van der Waals surface area (Å²) in [6, 6.07) is 2.02. The first-order chi connectivity index (χ1) is 9.20. The van der Waals surface area contributed by atoms with Gasteiger partial charge in [0.1, 0.15) is 5.60 Å². The Morgan fingerprint density at radius 1 is 1.37 bits per heavy atom. The number of nitrogens with zero attached hydrogens (tertiary/aromatic N) is 2. The van der Waals surface area contributed by atoms with Gasteiger partial charge in [0.25, 0.3) is 0 Å². The number of nitrogens with one attached hydrogen (secondary N) is 1. The molecule has 1 saturated heterocycles. The number of hydrogen-bond acceptors (Lipinski definition) is 5. The van der Waals surface area contributed by atoms with Crippen LogP contribution in [-0.4, -0.2) is 36.8 Å². The standard InChI is InChI=1S/C14H23N3O2/c1-4-15-10-12-9-11(2)16-13(17-12)14(18-3)5-7-19-8-6-14/h9,15H,4-8,10H2,1-3H3. The molecule has 5 heteroatoms. The SMILES string of the molecule is CCNCc1cc(C)nc(C2(OC)CCOCC2)n1. The van der Waals surface area contributed by atoms with Crippen molar-refractivity contribution < 1.29 is 9.47 Å². The molecule has 0 aliphatic carbocycles. The van der Waals surface area contributed by atoms with Gasteiger partial charge in [-0.15, -0.1) is 0 Å².